The first-order chi connectivity index (χ1) is 15.3. The number of nitrogens with zero attached hydrogens (tertiary/aromatic N) is 2. The van der Waals surface area contributed by atoms with Crippen molar-refractivity contribution in [1.29, 1.82) is 0 Å². The number of benzene rings is 1. The van der Waals surface area contributed by atoms with E-state index in [0.717, 1.165) is 22.2 Å². The number of carbonyl (C=O) groups excluding carboxylic acids is 3. The lowest BCUT2D eigenvalue weighted by Gasteiger charge is -2.27. The van der Waals surface area contributed by atoms with Crippen molar-refractivity contribution in [3.05, 3.63) is 52.1 Å². The summed E-state index contributed by atoms with van der Waals surface area (Å²) in [5.74, 6) is -1.11. The van der Waals surface area contributed by atoms with Crippen LogP contribution in [0.3, 0.4) is 0 Å². The van der Waals surface area contributed by atoms with Crippen LogP contribution in [0.25, 0.3) is 17.4 Å². The maximum absolute atomic E-state index is 12.7. The van der Waals surface area contributed by atoms with E-state index in [9.17, 15) is 24.3 Å². The van der Waals surface area contributed by atoms with Crippen molar-refractivity contribution in [2.75, 3.05) is 32.8 Å². The van der Waals surface area contributed by atoms with E-state index in [1.54, 1.807) is 23.1 Å². The van der Waals surface area contributed by atoms with E-state index in [1.807, 2.05) is 6.92 Å². The van der Waals surface area contributed by atoms with Crippen molar-refractivity contribution in [2.45, 2.75) is 6.92 Å². The number of hydrogen-bond donors (Lipinski definition) is 1. The molecule has 2 saturated heterocycles. The predicted octanol–water partition coefficient (Wildman–Crippen LogP) is 2.85. The zero-order valence-corrected chi connectivity index (χ0v) is 18.0. The van der Waals surface area contributed by atoms with E-state index in [-0.39, 0.29) is 22.9 Å². The maximum Gasteiger partial charge on any atom is 0.335 e. The van der Waals surface area contributed by atoms with Crippen LogP contribution in [-0.2, 0) is 14.3 Å². The summed E-state index contributed by atoms with van der Waals surface area (Å²) < 4.78 is 11.0. The third-order valence-electron chi connectivity index (χ3n) is 5.18. The summed E-state index contributed by atoms with van der Waals surface area (Å²) in [6, 6.07) is 8.03. The molecule has 0 spiro atoms. The summed E-state index contributed by atoms with van der Waals surface area (Å²) in [5.41, 5.74) is 1.58. The number of imide groups is 1. The summed E-state index contributed by atoms with van der Waals surface area (Å²) in [6.07, 6.45) is 1.45. The molecule has 0 aliphatic carbocycles. The molecule has 1 N–H and O–H groups in total. The molecule has 0 bridgehead atoms. The van der Waals surface area contributed by atoms with Crippen molar-refractivity contribution in [1.82, 2.24) is 9.80 Å². The van der Waals surface area contributed by atoms with E-state index in [2.05, 4.69) is 0 Å². The molecule has 9 nitrogen and oxygen atoms in total. The summed E-state index contributed by atoms with van der Waals surface area (Å²) in [6.45, 7) is 3.25. The highest BCUT2D eigenvalue weighted by molar-refractivity contribution is 8.18. The molecule has 2 aromatic rings. The first-order valence-electron chi connectivity index (χ1n) is 9.88. The molecular weight excluding hydrogens is 436 g/mol. The van der Waals surface area contributed by atoms with E-state index >= 15 is 0 Å². The summed E-state index contributed by atoms with van der Waals surface area (Å²) in [7, 11) is 0. The molecule has 1 aromatic carbocycles. The van der Waals surface area contributed by atoms with Gasteiger partial charge >= 0.3 is 5.97 Å². The average Bonchev–Trinajstić information content (AvgIpc) is 3.34. The van der Waals surface area contributed by atoms with Gasteiger partial charge < -0.3 is 19.2 Å². The molecule has 0 saturated carbocycles. The molecule has 2 aliphatic heterocycles. The number of carbonyl (C=O) groups is 4. The number of aryl methyl sites for hydroxylation is 1. The topological polar surface area (TPSA) is 117 Å². The molecule has 166 valence electrons. The van der Waals surface area contributed by atoms with Gasteiger partial charge in [-0.15, -0.1) is 0 Å². The van der Waals surface area contributed by atoms with E-state index in [0.29, 0.717) is 43.4 Å². The van der Waals surface area contributed by atoms with Gasteiger partial charge in [-0.2, -0.15) is 0 Å². The Balaban J connectivity index is 1.50. The van der Waals surface area contributed by atoms with Crippen LogP contribution in [0, 0.1) is 6.92 Å². The van der Waals surface area contributed by atoms with E-state index < -0.39 is 17.1 Å². The number of thioether (sulfide) groups is 1. The van der Waals surface area contributed by atoms with Gasteiger partial charge in [-0.1, -0.05) is 6.07 Å². The molecule has 2 fully saturated rings. The van der Waals surface area contributed by atoms with Crippen LogP contribution in [-0.4, -0.2) is 70.8 Å². The Morgan fingerprint density at radius 1 is 1.16 bits per heavy atom. The number of carboxylic acid groups (broad SMARTS) is 1. The van der Waals surface area contributed by atoms with Gasteiger partial charge in [0.1, 0.15) is 18.1 Å². The van der Waals surface area contributed by atoms with Gasteiger partial charge in [0.25, 0.3) is 11.1 Å². The van der Waals surface area contributed by atoms with Gasteiger partial charge in [-0.25, -0.2) is 4.79 Å². The van der Waals surface area contributed by atoms with Crippen molar-refractivity contribution in [2.24, 2.45) is 0 Å². The molecule has 0 radical (unpaired) electrons. The standard InChI is InChI=1S/C22H20N2O7S/c1-13-2-3-14(21(27)28)10-16(13)17-5-4-15(31-17)11-18-20(26)24(22(29)32-18)12-19(25)23-6-8-30-9-7-23/h2-5,10-11H,6-9,12H2,1H3,(H,27,28). The van der Waals surface area contributed by atoms with Crippen molar-refractivity contribution >= 4 is 40.9 Å². The number of hydrogen-bond acceptors (Lipinski definition) is 7. The Kier molecular flexibility index (Phi) is 6.15. The molecular formula is C22H20N2O7S. The molecule has 1 aromatic heterocycles. The maximum atomic E-state index is 12.7. The van der Waals surface area contributed by atoms with E-state index in [4.69, 9.17) is 9.15 Å². The Morgan fingerprint density at radius 3 is 2.62 bits per heavy atom. The van der Waals surface area contributed by atoms with Crippen LogP contribution in [0.15, 0.2) is 39.7 Å². The second-order valence-corrected chi connectivity index (χ2v) is 8.29. The third-order valence-corrected chi connectivity index (χ3v) is 6.09. The fourth-order valence-corrected chi connectivity index (χ4v) is 4.23. The predicted molar refractivity (Wildman–Crippen MR) is 116 cm³/mol. The van der Waals surface area contributed by atoms with Gasteiger partial charge in [-0.3, -0.25) is 19.3 Å². The summed E-state index contributed by atoms with van der Waals surface area (Å²) in [4.78, 5) is 51.3. The fraction of sp³-hybridized carbons (Fsp3) is 0.273. The molecule has 0 atom stereocenters. The SMILES string of the molecule is Cc1ccc(C(=O)O)cc1-c1ccc(C=C2SC(=O)N(CC(=O)N3CCOCC3)C2=O)o1. The highest BCUT2D eigenvalue weighted by Gasteiger charge is 2.37. The Labute approximate surface area is 187 Å². The first-order valence-corrected chi connectivity index (χ1v) is 10.7. The molecule has 32 heavy (non-hydrogen) atoms. The van der Waals surface area contributed by atoms with Crippen LogP contribution in [0.2, 0.25) is 0 Å². The number of aromatic carboxylic acids is 1. The summed E-state index contributed by atoms with van der Waals surface area (Å²) in [5, 5.41) is 8.70. The zero-order chi connectivity index (χ0) is 22.8. The highest BCUT2D eigenvalue weighted by atomic mass is 32.2. The smallest absolute Gasteiger partial charge is 0.335 e. The average molecular weight is 456 g/mol. The fourth-order valence-electron chi connectivity index (χ4n) is 3.41. The van der Waals surface area contributed by atoms with Gasteiger partial charge in [0.15, 0.2) is 0 Å². The van der Waals surface area contributed by atoms with Gasteiger partial charge in [-0.05, 0) is 48.5 Å². The van der Waals surface area contributed by atoms with Crippen LogP contribution < -0.4 is 0 Å². The van der Waals surface area contributed by atoms with Gasteiger partial charge in [0.05, 0.1) is 23.7 Å². The molecule has 4 rings (SSSR count). The Bertz CT molecular complexity index is 1130. The minimum absolute atomic E-state index is 0.134. The number of furan rings is 1. The zero-order valence-electron chi connectivity index (χ0n) is 17.2. The second kappa shape index (κ2) is 9.01. The van der Waals surface area contributed by atoms with Crippen molar-refractivity contribution in [3.63, 3.8) is 0 Å². The first kappa shape index (κ1) is 21.8. The van der Waals surface area contributed by atoms with E-state index in [1.165, 1.54) is 18.2 Å². The van der Waals surface area contributed by atoms with Crippen molar-refractivity contribution < 1.29 is 33.4 Å². The Hall–Kier alpha value is -3.37. The summed E-state index contributed by atoms with van der Waals surface area (Å²) >= 11 is 0.745. The van der Waals surface area contributed by atoms with Gasteiger partial charge in [0, 0.05) is 24.7 Å². The molecule has 3 heterocycles. The van der Waals surface area contributed by atoms with Crippen LogP contribution in [0.5, 0.6) is 0 Å². The lowest BCUT2D eigenvalue weighted by molar-refractivity contribution is -0.139. The highest BCUT2D eigenvalue weighted by Crippen LogP contribution is 2.34. The third kappa shape index (κ3) is 4.46. The quantitative estimate of drug-likeness (QED) is 0.683. The van der Waals surface area contributed by atoms with Crippen LogP contribution in [0.4, 0.5) is 4.79 Å². The lowest BCUT2D eigenvalue weighted by Crippen LogP contribution is -2.46. The largest absolute Gasteiger partial charge is 0.478 e. The van der Waals surface area contributed by atoms with Crippen molar-refractivity contribution in [3.8, 4) is 11.3 Å². The number of amides is 3. The van der Waals surface area contributed by atoms with Crippen LogP contribution >= 0.6 is 11.8 Å². The minimum atomic E-state index is -1.04. The number of morpholine rings is 1. The number of ether oxygens (including phenoxy) is 1. The number of rotatable bonds is 5. The molecule has 10 heteroatoms. The monoisotopic (exact) mass is 456 g/mol. The number of carboxylic acids is 1. The lowest BCUT2D eigenvalue weighted by atomic mass is 10.0. The molecule has 3 amide bonds. The van der Waals surface area contributed by atoms with Gasteiger partial charge in [0.2, 0.25) is 5.91 Å². The molecule has 0 unspecified atom stereocenters. The Morgan fingerprint density at radius 2 is 1.91 bits per heavy atom. The second-order valence-electron chi connectivity index (χ2n) is 7.30. The minimum Gasteiger partial charge on any atom is -0.478 e. The normalized spacial score (nSPS) is 18.0. The molecule has 2 aliphatic rings. The van der Waals surface area contributed by atoms with Crippen LogP contribution in [0.1, 0.15) is 21.7 Å².